The molecule has 2 heterocycles. The summed E-state index contributed by atoms with van der Waals surface area (Å²) in [4.78, 5) is 90.3. The number of ether oxygens (including phenoxy) is 2. The Morgan fingerprint density at radius 1 is 0.651 bits per heavy atom. The van der Waals surface area contributed by atoms with Crippen LogP contribution in [0.15, 0.2) is 42.5 Å². The number of carboxylic acids is 2. The molecule has 2 unspecified atom stereocenters. The Kier molecular flexibility index (Phi) is 11.4. The molecule has 8 aliphatic carbocycles. The molecule has 2 atom stereocenters. The summed E-state index contributed by atoms with van der Waals surface area (Å²) in [7, 11) is -7.91. The maximum atomic E-state index is 11.4. The van der Waals surface area contributed by atoms with Crippen LogP contribution in [0.3, 0.4) is 0 Å². The predicted octanol–water partition coefficient (Wildman–Crippen LogP) is 4.55. The first-order valence-corrected chi connectivity index (χ1v) is 24.1. The molecule has 12 rings (SSSR count). The second-order valence-corrected chi connectivity index (χ2v) is 20.7. The van der Waals surface area contributed by atoms with Gasteiger partial charge >= 0.3 is 11.9 Å². The molecule has 342 valence electrons. The van der Waals surface area contributed by atoms with Gasteiger partial charge < -0.3 is 57.4 Å². The molecule has 2 aromatic rings. The average molecular weight is 935 g/mol. The number of rotatable bonds is 12. The topological polar surface area (TPSA) is 275 Å². The fourth-order valence-corrected chi connectivity index (χ4v) is 14.5. The summed E-state index contributed by atoms with van der Waals surface area (Å²) in [5.74, 6) is -2.39. The fraction of sp³-hybridized carbons (Fsp3) is 0.571. The van der Waals surface area contributed by atoms with Crippen molar-refractivity contribution in [1.29, 1.82) is 0 Å². The van der Waals surface area contributed by atoms with Crippen molar-refractivity contribution >= 4 is 51.3 Å². The minimum atomic E-state index is -5.50. The second-order valence-electron chi connectivity index (χ2n) is 18.2. The Morgan fingerprint density at radius 3 is 1.48 bits per heavy atom. The van der Waals surface area contributed by atoms with Gasteiger partial charge in [0, 0.05) is 48.6 Å². The van der Waals surface area contributed by atoms with E-state index in [1.807, 2.05) is 0 Å². The van der Waals surface area contributed by atoms with Gasteiger partial charge in [0.05, 0.1) is 5.02 Å². The zero-order valence-corrected chi connectivity index (χ0v) is 36.6. The lowest BCUT2D eigenvalue weighted by atomic mass is 9.47. The molecule has 8 saturated carbocycles. The molecular weight excluding hydrogens is 890 g/mol. The summed E-state index contributed by atoms with van der Waals surface area (Å²) in [5.41, 5.74) is -0.597. The SMILES string of the molecule is COC1(c2ccc(/C=C/C(=O)O)c(OP(=O)([O-])[O-])c2)OOC12C1CC3CC(C1)CC2C3.COC1(c2ccc(/C=C/C(=O)O)c(OP(=O)([O-])[O-])c2Cl)OOC12C1CC3CC(C1)CC2C3. The maximum absolute atomic E-state index is 11.4. The summed E-state index contributed by atoms with van der Waals surface area (Å²) in [6.45, 7) is 0. The van der Waals surface area contributed by atoms with Crippen molar-refractivity contribution in [3.63, 3.8) is 0 Å². The molecule has 2 aromatic carbocycles. The molecule has 0 amide bonds. The van der Waals surface area contributed by atoms with Gasteiger partial charge in [-0.05, 0) is 130 Å². The molecule has 2 aliphatic heterocycles. The van der Waals surface area contributed by atoms with Gasteiger partial charge in [0.2, 0.25) is 0 Å². The highest BCUT2D eigenvalue weighted by atomic mass is 35.5. The van der Waals surface area contributed by atoms with E-state index in [1.54, 1.807) is 12.1 Å². The van der Waals surface area contributed by atoms with E-state index in [9.17, 15) is 38.3 Å². The highest BCUT2D eigenvalue weighted by Gasteiger charge is 2.78. The first-order valence-electron chi connectivity index (χ1n) is 20.8. The van der Waals surface area contributed by atoms with Gasteiger partial charge in [0.1, 0.15) is 21.4 Å². The molecular formula is C42H45ClO18P2-4. The quantitative estimate of drug-likeness (QED) is 0.168. The lowest BCUT2D eigenvalue weighted by Crippen LogP contribution is -2.76. The zero-order valence-electron chi connectivity index (χ0n) is 34.1. The summed E-state index contributed by atoms with van der Waals surface area (Å²) in [6.07, 6.45) is 14.4. The van der Waals surface area contributed by atoms with E-state index in [0.29, 0.717) is 29.2 Å². The number of methoxy groups -OCH3 is 2. The molecule has 0 radical (unpaired) electrons. The van der Waals surface area contributed by atoms with Crippen molar-refractivity contribution in [1.82, 2.24) is 0 Å². The van der Waals surface area contributed by atoms with Crippen LogP contribution in [0.25, 0.3) is 12.2 Å². The summed E-state index contributed by atoms with van der Waals surface area (Å²) in [6, 6.07) is 7.48. The van der Waals surface area contributed by atoms with Gasteiger partial charge in [0.15, 0.2) is 17.0 Å². The van der Waals surface area contributed by atoms with E-state index >= 15 is 0 Å². The molecule has 10 fully saturated rings. The zero-order chi connectivity index (χ0) is 44.9. The summed E-state index contributed by atoms with van der Waals surface area (Å²) >= 11 is 6.59. The summed E-state index contributed by atoms with van der Waals surface area (Å²) < 4.78 is 43.9. The van der Waals surface area contributed by atoms with Crippen LogP contribution in [-0.2, 0) is 59.3 Å². The van der Waals surface area contributed by atoms with Crippen LogP contribution >= 0.6 is 27.2 Å². The Balaban J connectivity index is 0.000000160. The van der Waals surface area contributed by atoms with Crippen molar-refractivity contribution in [3.8, 4) is 11.5 Å². The Hall–Kier alpha value is -3.19. The van der Waals surface area contributed by atoms with Crippen molar-refractivity contribution in [2.75, 3.05) is 14.2 Å². The smallest absolute Gasteiger partial charge is 0.328 e. The fourth-order valence-electron chi connectivity index (χ4n) is 13.2. The van der Waals surface area contributed by atoms with Crippen molar-refractivity contribution in [2.45, 2.75) is 87.0 Å². The largest absolute Gasteiger partial charge is 0.780 e. The van der Waals surface area contributed by atoms with Crippen LogP contribution in [0.2, 0.25) is 5.02 Å². The number of hydrogen-bond donors (Lipinski definition) is 2. The van der Waals surface area contributed by atoms with Gasteiger partial charge in [-0.2, -0.15) is 9.78 Å². The standard InChI is InChI=1S/C21H24ClO9P.C21H25O9P/c1-28-21(20(30-31-21)14-7-11-6-12(9-14)10-15(20)8-11)16-4-2-13(3-5-17(23)24)19(18(16)22)29-32(25,26)27;1-27-21(20(29-30-21)16-7-12-6-13(9-16)10-17(20)8-12)15-4-2-14(3-5-19(22)23)18(11-15)28-31(24,25)26/h2-5,11-12,14-15H,6-10H2,1H3,(H,23,24)(H2,25,26,27);2-5,11-13,16-17H,6-10H2,1H3,(H,22,23)(H2,24,25,26)/p-4/b2*5-3+. The Morgan fingerprint density at radius 2 is 1.08 bits per heavy atom. The van der Waals surface area contributed by atoms with Crippen molar-refractivity contribution < 1.29 is 86.6 Å². The molecule has 0 aromatic heterocycles. The Labute approximate surface area is 366 Å². The minimum Gasteiger partial charge on any atom is -0.780 e. The van der Waals surface area contributed by atoms with E-state index in [4.69, 9.17) is 50.8 Å². The van der Waals surface area contributed by atoms with Crippen molar-refractivity contribution in [2.24, 2.45) is 47.3 Å². The molecule has 2 saturated heterocycles. The monoisotopic (exact) mass is 934 g/mol. The van der Waals surface area contributed by atoms with Crippen LogP contribution in [-0.4, -0.2) is 47.6 Å². The number of hydrogen-bond acceptors (Lipinski definition) is 16. The average Bonchev–Trinajstić information content (AvgIpc) is 3.17. The normalized spacial score (nSPS) is 38.1. The van der Waals surface area contributed by atoms with Crippen LogP contribution in [0.5, 0.6) is 11.5 Å². The van der Waals surface area contributed by atoms with Crippen LogP contribution < -0.4 is 28.6 Å². The van der Waals surface area contributed by atoms with Crippen LogP contribution in [0.1, 0.15) is 86.5 Å². The van der Waals surface area contributed by atoms with Gasteiger partial charge in [0.25, 0.3) is 11.6 Å². The molecule has 2 N–H and O–H groups in total. The third-order valence-electron chi connectivity index (χ3n) is 15.0. The highest BCUT2D eigenvalue weighted by Crippen LogP contribution is 2.71. The number of phosphoric ester groups is 2. The third-order valence-corrected chi connectivity index (χ3v) is 16.2. The highest BCUT2D eigenvalue weighted by molar-refractivity contribution is 7.43. The molecule has 2 spiro atoms. The minimum absolute atomic E-state index is 0.0127. The van der Waals surface area contributed by atoms with E-state index < -0.39 is 56.1 Å². The van der Waals surface area contributed by atoms with E-state index in [1.165, 1.54) is 45.3 Å². The number of phosphoric acid groups is 2. The number of aliphatic carboxylic acids is 2. The van der Waals surface area contributed by atoms with E-state index in [0.717, 1.165) is 75.7 Å². The summed E-state index contributed by atoms with van der Waals surface area (Å²) in [5, 5.41) is 17.6. The first-order chi connectivity index (χ1) is 29.8. The number of benzene rings is 2. The van der Waals surface area contributed by atoms with Crippen LogP contribution in [0.4, 0.5) is 0 Å². The molecule has 63 heavy (non-hydrogen) atoms. The molecule has 18 nitrogen and oxygen atoms in total. The molecule has 8 bridgehead atoms. The van der Waals surface area contributed by atoms with Gasteiger partial charge in [-0.25, -0.2) is 19.4 Å². The van der Waals surface area contributed by atoms with Crippen LogP contribution in [0, 0.1) is 47.3 Å². The maximum Gasteiger partial charge on any atom is 0.328 e. The lowest BCUT2D eigenvalue weighted by Gasteiger charge is -2.68. The lowest BCUT2D eigenvalue weighted by molar-refractivity contribution is -0.645. The third kappa shape index (κ3) is 7.34. The number of carboxylic acid groups (broad SMARTS) is 2. The number of carbonyl (C=O) groups is 2. The number of halogens is 1. The molecule has 21 heteroatoms. The van der Waals surface area contributed by atoms with Gasteiger partial charge in [-0.3, -0.25) is 0 Å². The predicted molar refractivity (Wildman–Crippen MR) is 209 cm³/mol. The Bertz CT molecular complexity index is 2280. The van der Waals surface area contributed by atoms with E-state index in [2.05, 4.69) is 9.05 Å². The van der Waals surface area contributed by atoms with E-state index in [-0.39, 0.29) is 51.1 Å². The van der Waals surface area contributed by atoms with Crippen molar-refractivity contribution in [3.05, 3.63) is 69.8 Å². The van der Waals surface area contributed by atoms with Gasteiger partial charge in [-0.1, -0.05) is 35.9 Å². The molecule has 10 aliphatic rings. The van der Waals surface area contributed by atoms with Gasteiger partial charge in [-0.15, -0.1) is 0 Å². The second kappa shape index (κ2) is 16.0. The first kappa shape index (κ1) is 45.0.